The molecule has 2 atom stereocenters. The van der Waals surface area contributed by atoms with E-state index < -0.39 is 8.07 Å². The molecule has 3 heteroatoms. The van der Waals surface area contributed by atoms with Crippen LogP contribution in [0.4, 0.5) is 0 Å². The van der Waals surface area contributed by atoms with Crippen molar-refractivity contribution in [1.29, 1.82) is 0 Å². The third kappa shape index (κ3) is 3.11. The van der Waals surface area contributed by atoms with Gasteiger partial charge in [-0.05, 0) is 18.1 Å². The van der Waals surface area contributed by atoms with E-state index in [1.165, 1.54) is 11.1 Å². The highest BCUT2D eigenvalue weighted by Gasteiger charge is 2.48. The number of cyclic esters (lactones) is 1. The zero-order chi connectivity index (χ0) is 16.4. The summed E-state index contributed by atoms with van der Waals surface area (Å²) in [4.78, 5) is 11.8. The zero-order valence-corrected chi connectivity index (χ0v) is 15.0. The van der Waals surface area contributed by atoms with E-state index in [9.17, 15) is 4.79 Å². The molecule has 2 aromatic carbocycles. The van der Waals surface area contributed by atoms with E-state index in [0.717, 1.165) is 0 Å². The van der Waals surface area contributed by atoms with E-state index in [1.807, 2.05) is 0 Å². The Balaban J connectivity index is 2.06. The summed E-state index contributed by atoms with van der Waals surface area (Å²) in [5, 5.41) is 0. The molecule has 120 valence electrons. The Morgan fingerprint density at radius 2 is 1.43 bits per heavy atom. The number of carbonyl (C=O) groups is 1. The molecule has 0 saturated carbocycles. The molecular formula is C20H24O2Si. The predicted octanol–water partition coefficient (Wildman–Crippen LogP) is 4.77. The molecule has 0 N–H and O–H groups in total. The number of hydrogen-bond donors (Lipinski definition) is 0. The maximum atomic E-state index is 11.8. The highest BCUT2D eigenvalue weighted by Crippen LogP contribution is 2.46. The maximum absolute atomic E-state index is 11.8. The summed E-state index contributed by atoms with van der Waals surface area (Å²) in [5.41, 5.74) is 3.41. The highest BCUT2D eigenvalue weighted by atomic mass is 28.3. The average Bonchev–Trinajstić information content (AvgIpc) is 2.89. The summed E-state index contributed by atoms with van der Waals surface area (Å²) in [7, 11) is -1.83. The Morgan fingerprint density at radius 3 is 1.83 bits per heavy atom. The number of hydrogen-bond acceptors (Lipinski definition) is 2. The number of ether oxygens (including phenoxy) is 1. The minimum atomic E-state index is -1.83. The van der Waals surface area contributed by atoms with Crippen LogP contribution in [0.3, 0.4) is 0 Å². The molecule has 2 aromatic rings. The largest absolute Gasteiger partial charge is 0.463 e. The van der Waals surface area contributed by atoms with Crippen molar-refractivity contribution < 1.29 is 9.53 Å². The first kappa shape index (κ1) is 16.0. The lowest BCUT2D eigenvalue weighted by molar-refractivity contribution is -0.140. The molecule has 0 amide bonds. The smallest absolute Gasteiger partial charge is 0.306 e. The van der Waals surface area contributed by atoms with Crippen LogP contribution in [-0.4, -0.2) is 20.1 Å². The van der Waals surface area contributed by atoms with Crippen LogP contribution in [0, 0.1) is 0 Å². The summed E-state index contributed by atoms with van der Waals surface area (Å²) in [5.74, 6) is -0.0389. The molecule has 1 aliphatic heterocycles. The molecule has 0 aromatic heterocycles. The lowest BCUT2D eigenvalue weighted by Gasteiger charge is -2.39. The van der Waals surface area contributed by atoms with Gasteiger partial charge in [0.05, 0.1) is 8.07 Å². The standard InChI is InChI=1S/C20H24O2Si/c1-15-18(14-19(21)22-15)23(2,3)20(16-10-6-4-7-11-16)17-12-8-5-9-13-17/h4-13,15,18,20H,14H2,1-3H3/t15-,18+/m0/s1. The fourth-order valence-electron chi connectivity index (χ4n) is 4.11. The van der Waals surface area contributed by atoms with E-state index in [1.54, 1.807) is 0 Å². The fraction of sp³-hybridized carbons (Fsp3) is 0.350. The van der Waals surface area contributed by atoms with E-state index in [2.05, 4.69) is 80.7 Å². The molecule has 0 unspecified atom stereocenters. The molecule has 1 fully saturated rings. The van der Waals surface area contributed by atoms with Gasteiger partial charge in [-0.15, -0.1) is 0 Å². The Morgan fingerprint density at radius 1 is 0.957 bits per heavy atom. The summed E-state index contributed by atoms with van der Waals surface area (Å²) in [6.45, 7) is 6.86. The van der Waals surface area contributed by atoms with Crippen molar-refractivity contribution in [3.8, 4) is 0 Å². The lowest BCUT2D eigenvalue weighted by Crippen LogP contribution is -2.43. The quantitative estimate of drug-likeness (QED) is 0.598. The van der Waals surface area contributed by atoms with Crippen LogP contribution in [0.5, 0.6) is 0 Å². The first-order chi connectivity index (χ1) is 11.0. The Hall–Kier alpha value is -1.87. The fourth-order valence-corrected chi connectivity index (χ4v) is 8.61. The predicted molar refractivity (Wildman–Crippen MR) is 96.1 cm³/mol. The molecular weight excluding hydrogens is 300 g/mol. The number of carbonyl (C=O) groups excluding carboxylic acids is 1. The average molecular weight is 324 g/mol. The number of benzene rings is 2. The number of esters is 1. The van der Waals surface area contributed by atoms with E-state index in [-0.39, 0.29) is 12.1 Å². The van der Waals surface area contributed by atoms with Crippen molar-refractivity contribution in [3.63, 3.8) is 0 Å². The van der Waals surface area contributed by atoms with Crippen molar-refractivity contribution in [2.45, 2.75) is 43.6 Å². The second kappa shape index (κ2) is 6.32. The maximum Gasteiger partial charge on any atom is 0.306 e. The molecule has 0 radical (unpaired) electrons. The topological polar surface area (TPSA) is 26.3 Å². The summed E-state index contributed by atoms with van der Waals surface area (Å²) < 4.78 is 5.48. The Kier molecular flexibility index (Phi) is 4.40. The minimum absolute atomic E-state index is 0.0269. The van der Waals surface area contributed by atoms with Gasteiger partial charge >= 0.3 is 5.97 Å². The van der Waals surface area contributed by atoms with Gasteiger partial charge in [0.25, 0.3) is 0 Å². The third-order valence-corrected chi connectivity index (χ3v) is 9.98. The van der Waals surface area contributed by atoms with Crippen LogP contribution in [0.2, 0.25) is 18.6 Å². The lowest BCUT2D eigenvalue weighted by atomic mass is 10.0. The molecule has 23 heavy (non-hydrogen) atoms. The second-order valence-electron chi connectivity index (χ2n) is 7.08. The minimum Gasteiger partial charge on any atom is -0.463 e. The van der Waals surface area contributed by atoms with Crippen molar-refractivity contribution in [2.24, 2.45) is 0 Å². The van der Waals surface area contributed by atoms with Gasteiger partial charge in [0.2, 0.25) is 0 Å². The van der Waals surface area contributed by atoms with Crippen LogP contribution >= 0.6 is 0 Å². The molecule has 2 nitrogen and oxygen atoms in total. The molecule has 0 aliphatic carbocycles. The van der Waals surface area contributed by atoms with Crippen molar-refractivity contribution >= 4 is 14.0 Å². The van der Waals surface area contributed by atoms with Crippen LogP contribution in [0.15, 0.2) is 60.7 Å². The Bertz CT molecular complexity index is 627. The van der Waals surface area contributed by atoms with Crippen molar-refractivity contribution in [1.82, 2.24) is 0 Å². The zero-order valence-electron chi connectivity index (χ0n) is 14.0. The second-order valence-corrected chi connectivity index (χ2v) is 12.0. The van der Waals surface area contributed by atoms with Gasteiger partial charge in [0.1, 0.15) is 6.10 Å². The molecule has 3 rings (SSSR count). The molecule has 1 aliphatic rings. The molecule has 0 bridgehead atoms. The van der Waals surface area contributed by atoms with Gasteiger partial charge < -0.3 is 4.74 Å². The van der Waals surface area contributed by atoms with Crippen molar-refractivity contribution in [2.75, 3.05) is 0 Å². The van der Waals surface area contributed by atoms with Crippen LogP contribution < -0.4 is 0 Å². The van der Waals surface area contributed by atoms with Crippen LogP contribution in [-0.2, 0) is 9.53 Å². The first-order valence-corrected chi connectivity index (χ1v) is 11.4. The molecule has 1 heterocycles. The summed E-state index contributed by atoms with van der Waals surface area (Å²) >= 11 is 0. The van der Waals surface area contributed by atoms with Gasteiger partial charge in [0.15, 0.2) is 0 Å². The van der Waals surface area contributed by atoms with Crippen LogP contribution in [0.25, 0.3) is 0 Å². The third-order valence-electron chi connectivity index (χ3n) is 5.24. The molecule has 1 saturated heterocycles. The SMILES string of the molecule is C[C@@H]1OC(=O)C[C@H]1[Si](C)(C)C(c1ccccc1)c1ccccc1. The normalized spacial score (nSPS) is 21.5. The summed E-state index contributed by atoms with van der Waals surface area (Å²) in [6.07, 6.45) is 0.593. The van der Waals surface area contributed by atoms with Gasteiger partial charge in [-0.2, -0.15) is 0 Å². The van der Waals surface area contributed by atoms with E-state index in [4.69, 9.17) is 4.74 Å². The van der Waals surface area contributed by atoms with Gasteiger partial charge in [0, 0.05) is 17.5 Å². The van der Waals surface area contributed by atoms with Gasteiger partial charge in [-0.1, -0.05) is 73.8 Å². The molecule has 0 spiro atoms. The van der Waals surface area contributed by atoms with Gasteiger partial charge in [-0.25, -0.2) is 0 Å². The Labute approximate surface area is 139 Å². The summed E-state index contributed by atoms with van der Waals surface area (Å²) in [6, 6.07) is 21.4. The van der Waals surface area contributed by atoms with Crippen molar-refractivity contribution in [3.05, 3.63) is 71.8 Å². The van der Waals surface area contributed by atoms with Crippen LogP contribution in [0.1, 0.15) is 30.0 Å². The van der Waals surface area contributed by atoms with E-state index in [0.29, 0.717) is 17.5 Å². The first-order valence-electron chi connectivity index (χ1n) is 8.29. The number of rotatable bonds is 4. The van der Waals surface area contributed by atoms with Gasteiger partial charge in [-0.3, -0.25) is 4.79 Å². The van der Waals surface area contributed by atoms with E-state index >= 15 is 0 Å². The highest BCUT2D eigenvalue weighted by molar-refractivity contribution is 6.81. The monoisotopic (exact) mass is 324 g/mol.